The van der Waals surface area contributed by atoms with Crippen LogP contribution in [0.5, 0.6) is 0 Å². The molecule has 1 fully saturated rings. The van der Waals surface area contributed by atoms with Crippen LogP contribution in [-0.4, -0.2) is 19.7 Å². The normalized spacial score (nSPS) is 20.0. The van der Waals surface area contributed by atoms with Crippen LogP contribution in [0.4, 0.5) is 0 Å². The zero-order valence-corrected chi connectivity index (χ0v) is 11.7. The van der Waals surface area contributed by atoms with E-state index in [-0.39, 0.29) is 5.03 Å². The van der Waals surface area contributed by atoms with Crippen molar-refractivity contribution < 1.29 is 14.3 Å². The van der Waals surface area contributed by atoms with E-state index in [1.807, 2.05) is 30.3 Å². The summed E-state index contributed by atoms with van der Waals surface area (Å²) in [5.74, 6) is -0.0632. The molecular formula is C15H17ClO3. The fourth-order valence-corrected chi connectivity index (χ4v) is 2.27. The summed E-state index contributed by atoms with van der Waals surface area (Å²) in [5.41, 5.74) is 2.17. The molecule has 2 rings (SSSR count). The molecule has 0 radical (unpaired) electrons. The molecule has 1 unspecified atom stereocenters. The predicted octanol–water partition coefficient (Wildman–Crippen LogP) is 3.28. The monoisotopic (exact) mass is 280 g/mol. The Labute approximate surface area is 118 Å². The molecule has 102 valence electrons. The van der Waals surface area contributed by atoms with Gasteiger partial charge in [0.1, 0.15) is 5.03 Å². The second kappa shape index (κ2) is 6.73. The van der Waals surface area contributed by atoms with Gasteiger partial charge in [0.25, 0.3) is 0 Å². The predicted molar refractivity (Wildman–Crippen MR) is 73.7 cm³/mol. The summed E-state index contributed by atoms with van der Waals surface area (Å²) in [4.78, 5) is 11.2. The van der Waals surface area contributed by atoms with E-state index in [0.29, 0.717) is 19.1 Å². The molecule has 1 aliphatic carbocycles. The van der Waals surface area contributed by atoms with E-state index in [0.717, 1.165) is 18.4 Å². The lowest BCUT2D eigenvalue weighted by Crippen LogP contribution is -2.00. The van der Waals surface area contributed by atoms with Crippen molar-refractivity contribution in [2.75, 3.05) is 13.7 Å². The first-order valence-electron chi connectivity index (χ1n) is 6.31. The van der Waals surface area contributed by atoms with Gasteiger partial charge in [0.15, 0.2) is 0 Å². The van der Waals surface area contributed by atoms with Gasteiger partial charge in [-0.3, -0.25) is 0 Å². The topological polar surface area (TPSA) is 35.5 Å². The molecule has 0 aromatic heterocycles. The van der Waals surface area contributed by atoms with Gasteiger partial charge in [-0.05, 0) is 29.9 Å². The maximum atomic E-state index is 11.2. The van der Waals surface area contributed by atoms with Crippen LogP contribution in [0.1, 0.15) is 18.4 Å². The van der Waals surface area contributed by atoms with Crippen LogP contribution in [0.15, 0.2) is 40.9 Å². The number of hydrogen-bond acceptors (Lipinski definition) is 3. The van der Waals surface area contributed by atoms with Gasteiger partial charge in [0, 0.05) is 6.61 Å². The largest absolute Gasteiger partial charge is 0.465 e. The molecule has 1 aliphatic rings. The summed E-state index contributed by atoms with van der Waals surface area (Å²) in [5, 5.41) is 0.246. The molecule has 0 spiro atoms. The van der Waals surface area contributed by atoms with Gasteiger partial charge in [-0.15, -0.1) is 0 Å². The van der Waals surface area contributed by atoms with Crippen molar-refractivity contribution in [3.05, 3.63) is 46.5 Å². The van der Waals surface area contributed by atoms with Crippen molar-refractivity contribution in [3.8, 4) is 0 Å². The van der Waals surface area contributed by atoms with E-state index < -0.39 is 5.97 Å². The second-order valence-electron chi connectivity index (χ2n) is 4.56. The molecule has 4 heteroatoms. The van der Waals surface area contributed by atoms with Crippen molar-refractivity contribution in [2.24, 2.45) is 5.92 Å². The number of methoxy groups -OCH3 is 1. The van der Waals surface area contributed by atoms with Gasteiger partial charge in [0.05, 0.1) is 13.7 Å². The lowest BCUT2D eigenvalue weighted by atomic mass is 10.2. The quantitative estimate of drug-likeness (QED) is 0.456. The lowest BCUT2D eigenvalue weighted by Gasteiger charge is -2.03. The molecule has 0 heterocycles. The summed E-state index contributed by atoms with van der Waals surface area (Å²) in [6.07, 6.45) is 1.78. The summed E-state index contributed by atoms with van der Waals surface area (Å²) >= 11 is 5.90. The molecular weight excluding hydrogens is 264 g/mol. The third kappa shape index (κ3) is 4.08. The van der Waals surface area contributed by atoms with Gasteiger partial charge in [-0.1, -0.05) is 41.9 Å². The number of benzene rings is 1. The van der Waals surface area contributed by atoms with E-state index in [1.54, 1.807) is 0 Å². The van der Waals surface area contributed by atoms with E-state index in [4.69, 9.17) is 16.3 Å². The van der Waals surface area contributed by atoms with Gasteiger partial charge in [-0.25, -0.2) is 4.79 Å². The van der Waals surface area contributed by atoms with Gasteiger partial charge >= 0.3 is 5.97 Å². The average molecular weight is 281 g/mol. The molecule has 0 saturated heterocycles. The minimum absolute atomic E-state index is 0.246. The Morgan fingerprint density at radius 1 is 1.37 bits per heavy atom. The zero-order valence-electron chi connectivity index (χ0n) is 10.9. The highest BCUT2D eigenvalue weighted by Gasteiger charge is 2.34. The van der Waals surface area contributed by atoms with Gasteiger partial charge in [-0.2, -0.15) is 0 Å². The SMILES string of the molecule is COC(=O)/C(Cl)=C1/CC1CCOCc1ccccc1. The first kappa shape index (κ1) is 14.1. The van der Waals surface area contributed by atoms with Crippen LogP contribution >= 0.6 is 11.6 Å². The van der Waals surface area contributed by atoms with Crippen molar-refractivity contribution >= 4 is 17.6 Å². The fourth-order valence-electron chi connectivity index (χ4n) is 1.96. The van der Waals surface area contributed by atoms with E-state index in [1.165, 1.54) is 12.7 Å². The van der Waals surface area contributed by atoms with Crippen LogP contribution in [0.25, 0.3) is 0 Å². The van der Waals surface area contributed by atoms with Crippen LogP contribution in [0.3, 0.4) is 0 Å². The van der Waals surface area contributed by atoms with Crippen molar-refractivity contribution in [3.63, 3.8) is 0 Å². The van der Waals surface area contributed by atoms with Crippen LogP contribution in [0.2, 0.25) is 0 Å². The molecule has 1 aromatic carbocycles. The summed E-state index contributed by atoms with van der Waals surface area (Å²) in [6.45, 7) is 1.30. The standard InChI is InChI=1S/C15H17ClO3/c1-18-15(17)14(16)13-9-12(13)7-8-19-10-11-5-3-2-4-6-11/h2-6,12H,7-10H2,1H3/b14-13+. The van der Waals surface area contributed by atoms with Crippen molar-refractivity contribution in [1.29, 1.82) is 0 Å². The highest BCUT2D eigenvalue weighted by atomic mass is 35.5. The Morgan fingerprint density at radius 2 is 2.11 bits per heavy atom. The Hall–Kier alpha value is -1.32. The summed E-state index contributed by atoms with van der Waals surface area (Å²) in [7, 11) is 1.34. The minimum Gasteiger partial charge on any atom is -0.465 e. The van der Waals surface area contributed by atoms with Gasteiger partial charge in [0.2, 0.25) is 0 Å². The molecule has 1 aromatic rings. The third-order valence-electron chi connectivity index (χ3n) is 3.17. The third-order valence-corrected chi connectivity index (χ3v) is 3.56. The number of halogens is 1. The summed E-state index contributed by atoms with van der Waals surface area (Å²) in [6, 6.07) is 10.1. The molecule has 0 N–H and O–H groups in total. The Balaban J connectivity index is 1.67. The highest BCUT2D eigenvalue weighted by Crippen LogP contribution is 2.44. The number of allylic oxidation sites excluding steroid dienone is 1. The lowest BCUT2D eigenvalue weighted by molar-refractivity contribution is -0.135. The van der Waals surface area contributed by atoms with Crippen molar-refractivity contribution in [2.45, 2.75) is 19.4 Å². The Bertz CT molecular complexity index is 468. The molecule has 19 heavy (non-hydrogen) atoms. The Kier molecular flexibility index (Phi) is 5.00. The zero-order chi connectivity index (χ0) is 13.7. The smallest absolute Gasteiger partial charge is 0.349 e. The van der Waals surface area contributed by atoms with E-state index >= 15 is 0 Å². The average Bonchev–Trinajstić information content (AvgIpc) is 3.22. The minimum atomic E-state index is -0.440. The van der Waals surface area contributed by atoms with E-state index in [2.05, 4.69) is 4.74 Å². The Morgan fingerprint density at radius 3 is 2.79 bits per heavy atom. The number of carbonyl (C=O) groups excluding carboxylic acids is 1. The number of carbonyl (C=O) groups is 1. The van der Waals surface area contributed by atoms with Gasteiger partial charge < -0.3 is 9.47 Å². The number of esters is 1. The number of ether oxygens (including phenoxy) is 2. The first-order valence-corrected chi connectivity index (χ1v) is 6.68. The maximum Gasteiger partial charge on any atom is 0.349 e. The van der Waals surface area contributed by atoms with Crippen LogP contribution in [-0.2, 0) is 20.9 Å². The maximum absolute atomic E-state index is 11.2. The fraction of sp³-hybridized carbons (Fsp3) is 0.400. The van der Waals surface area contributed by atoms with Crippen LogP contribution < -0.4 is 0 Å². The first-order chi connectivity index (χ1) is 9.22. The molecule has 1 saturated carbocycles. The second-order valence-corrected chi connectivity index (χ2v) is 4.94. The highest BCUT2D eigenvalue weighted by molar-refractivity contribution is 6.41. The number of hydrogen-bond donors (Lipinski definition) is 0. The van der Waals surface area contributed by atoms with Crippen LogP contribution in [0, 0.1) is 5.92 Å². The molecule has 0 amide bonds. The van der Waals surface area contributed by atoms with E-state index in [9.17, 15) is 4.79 Å². The molecule has 0 aliphatic heterocycles. The molecule has 0 bridgehead atoms. The number of rotatable bonds is 6. The molecule has 3 nitrogen and oxygen atoms in total. The summed E-state index contributed by atoms with van der Waals surface area (Å²) < 4.78 is 10.2. The van der Waals surface area contributed by atoms with Crippen molar-refractivity contribution in [1.82, 2.24) is 0 Å². The molecule has 1 atom stereocenters.